The molecule has 0 radical (unpaired) electrons. The summed E-state index contributed by atoms with van der Waals surface area (Å²) in [6, 6.07) is 13.2. The van der Waals surface area contributed by atoms with E-state index in [0.717, 1.165) is 21.9 Å². The predicted octanol–water partition coefficient (Wildman–Crippen LogP) is 3.31. The van der Waals surface area contributed by atoms with Crippen molar-refractivity contribution < 1.29 is 14.3 Å². The van der Waals surface area contributed by atoms with Crippen molar-refractivity contribution >= 4 is 35.0 Å². The number of hydrogen-bond acceptors (Lipinski definition) is 4. The number of ether oxygens (including phenoxy) is 1. The average Bonchev–Trinajstić information content (AvgIpc) is 2.60. The van der Waals surface area contributed by atoms with Crippen molar-refractivity contribution in [2.45, 2.75) is 17.7 Å². The molecule has 2 aromatic carbocycles. The molecule has 0 saturated carbocycles. The number of carbonyl (C=O) groups excluding carboxylic acids is 2. The Hall–Kier alpha value is -2.47. The van der Waals surface area contributed by atoms with Gasteiger partial charge >= 0.3 is 0 Å². The molecule has 24 heavy (non-hydrogen) atoms. The highest BCUT2D eigenvalue weighted by Crippen LogP contribution is 2.33. The zero-order chi connectivity index (χ0) is 16.9. The number of fused-ring (bicyclic) bond motifs is 1. The highest BCUT2D eigenvalue weighted by atomic mass is 32.2. The first-order valence-corrected chi connectivity index (χ1v) is 8.63. The van der Waals surface area contributed by atoms with Crippen LogP contribution in [0, 0.1) is 0 Å². The Labute approximate surface area is 144 Å². The molecule has 1 heterocycles. The van der Waals surface area contributed by atoms with Crippen LogP contribution in [-0.2, 0) is 16.0 Å². The van der Waals surface area contributed by atoms with Crippen LogP contribution in [0.1, 0.15) is 12.0 Å². The van der Waals surface area contributed by atoms with Crippen LogP contribution in [0.15, 0.2) is 47.4 Å². The molecule has 0 aliphatic carbocycles. The van der Waals surface area contributed by atoms with Crippen molar-refractivity contribution in [3.8, 4) is 5.75 Å². The second-order valence-electron chi connectivity index (χ2n) is 5.41. The van der Waals surface area contributed by atoms with E-state index in [-0.39, 0.29) is 11.8 Å². The molecule has 2 N–H and O–H groups in total. The van der Waals surface area contributed by atoms with Gasteiger partial charge in [-0.25, -0.2) is 0 Å². The zero-order valence-electron chi connectivity index (χ0n) is 13.3. The molecule has 0 fully saturated rings. The third-order valence-electron chi connectivity index (χ3n) is 3.71. The maximum Gasteiger partial charge on any atom is 0.234 e. The number of hydrogen-bond donors (Lipinski definition) is 2. The molecule has 0 saturated heterocycles. The van der Waals surface area contributed by atoms with E-state index in [1.165, 1.54) is 11.8 Å². The Kier molecular flexibility index (Phi) is 5.05. The van der Waals surface area contributed by atoms with Crippen LogP contribution in [-0.4, -0.2) is 24.7 Å². The van der Waals surface area contributed by atoms with Crippen molar-refractivity contribution in [2.75, 3.05) is 23.5 Å². The molecule has 124 valence electrons. The summed E-state index contributed by atoms with van der Waals surface area (Å²) < 4.78 is 5.29. The number of carbonyl (C=O) groups is 2. The van der Waals surface area contributed by atoms with Crippen LogP contribution in [0.25, 0.3) is 0 Å². The number of anilines is 2. The molecular weight excluding hydrogens is 324 g/mol. The first-order chi connectivity index (χ1) is 11.7. The molecule has 1 aliphatic heterocycles. The maximum absolute atomic E-state index is 12.2. The van der Waals surface area contributed by atoms with Crippen LogP contribution in [0.3, 0.4) is 0 Å². The van der Waals surface area contributed by atoms with Crippen molar-refractivity contribution in [1.29, 1.82) is 0 Å². The smallest absolute Gasteiger partial charge is 0.234 e. The summed E-state index contributed by atoms with van der Waals surface area (Å²) in [4.78, 5) is 24.6. The van der Waals surface area contributed by atoms with Crippen LogP contribution in [0.2, 0.25) is 0 Å². The van der Waals surface area contributed by atoms with E-state index < -0.39 is 0 Å². The van der Waals surface area contributed by atoms with Gasteiger partial charge in [0.2, 0.25) is 11.8 Å². The molecular formula is C18H18N2O3S. The van der Waals surface area contributed by atoms with E-state index in [1.807, 2.05) is 36.4 Å². The van der Waals surface area contributed by atoms with Crippen LogP contribution in [0.5, 0.6) is 5.75 Å². The minimum Gasteiger partial charge on any atom is -0.496 e. The molecule has 6 heteroatoms. The first-order valence-electron chi connectivity index (χ1n) is 7.64. The quantitative estimate of drug-likeness (QED) is 0.875. The normalized spacial score (nSPS) is 13.0. The van der Waals surface area contributed by atoms with Gasteiger partial charge in [0.1, 0.15) is 5.75 Å². The van der Waals surface area contributed by atoms with Gasteiger partial charge in [0.25, 0.3) is 0 Å². The lowest BCUT2D eigenvalue weighted by Crippen LogP contribution is -2.19. The Morgan fingerprint density at radius 2 is 2.12 bits per heavy atom. The minimum atomic E-state index is -0.0735. The second-order valence-corrected chi connectivity index (χ2v) is 6.42. The summed E-state index contributed by atoms with van der Waals surface area (Å²) in [5, 5.41) is 5.69. The molecule has 0 atom stereocenters. The van der Waals surface area contributed by atoms with E-state index in [2.05, 4.69) is 10.6 Å². The summed E-state index contributed by atoms with van der Waals surface area (Å²) in [7, 11) is 1.62. The van der Waals surface area contributed by atoms with E-state index in [9.17, 15) is 9.59 Å². The predicted molar refractivity (Wildman–Crippen MR) is 95.7 cm³/mol. The summed E-state index contributed by atoms with van der Waals surface area (Å²) in [6.07, 6.45) is 0.964. The number of para-hydroxylation sites is 1. The number of nitrogens with one attached hydrogen (secondary N) is 2. The van der Waals surface area contributed by atoms with Gasteiger partial charge in [-0.1, -0.05) is 18.2 Å². The summed E-state index contributed by atoms with van der Waals surface area (Å²) in [6.45, 7) is 0. The average molecular weight is 342 g/mol. The lowest BCUT2D eigenvalue weighted by molar-refractivity contribution is -0.116. The van der Waals surface area contributed by atoms with Crippen molar-refractivity contribution in [3.63, 3.8) is 0 Å². The van der Waals surface area contributed by atoms with Crippen LogP contribution >= 0.6 is 11.8 Å². The van der Waals surface area contributed by atoms with Crippen LogP contribution < -0.4 is 15.4 Å². The minimum absolute atomic E-state index is 0.0212. The molecule has 5 nitrogen and oxygen atoms in total. The summed E-state index contributed by atoms with van der Waals surface area (Å²) in [5.41, 5.74) is 2.43. The largest absolute Gasteiger partial charge is 0.496 e. The Morgan fingerprint density at radius 1 is 1.29 bits per heavy atom. The van der Waals surface area contributed by atoms with Crippen molar-refractivity contribution in [1.82, 2.24) is 0 Å². The lowest BCUT2D eigenvalue weighted by Gasteiger charge is -2.17. The van der Waals surface area contributed by atoms with Gasteiger partial charge in [0, 0.05) is 17.0 Å². The van der Waals surface area contributed by atoms with Gasteiger partial charge in [0.15, 0.2) is 0 Å². The second kappa shape index (κ2) is 7.40. The first kappa shape index (κ1) is 16.4. The summed E-state index contributed by atoms with van der Waals surface area (Å²) >= 11 is 1.50. The number of aryl methyl sites for hydroxylation is 1. The molecule has 2 aromatic rings. The van der Waals surface area contributed by atoms with Gasteiger partial charge < -0.3 is 15.4 Å². The van der Waals surface area contributed by atoms with Gasteiger partial charge in [-0.05, 0) is 36.2 Å². The Balaban J connectivity index is 1.61. The molecule has 1 aliphatic rings. The third-order valence-corrected chi connectivity index (χ3v) is 4.78. The molecule has 3 rings (SSSR count). The molecule has 0 spiro atoms. The SMILES string of the molecule is COc1ccccc1CCC(=O)Nc1ccc2c(c1)NC(=O)CS2. The van der Waals surface area contributed by atoms with Gasteiger partial charge in [-0.15, -0.1) is 11.8 Å². The molecule has 0 bridgehead atoms. The number of amides is 2. The highest BCUT2D eigenvalue weighted by Gasteiger charge is 2.16. The molecule has 0 aromatic heterocycles. The fraction of sp³-hybridized carbons (Fsp3) is 0.222. The van der Waals surface area contributed by atoms with E-state index in [0.29, 0.717) is 24.3 Å². The maximum atomic E-state index is 12.2. The van der Waals surface area contributed by atoms with Gasteiger partial charge in [-0.3, -0.25) is 9.59 Å². The van der Waals surface area contributed by atoms with Crippen molar-refractivity contribution in [2.24, 2.45) is 0 Å². The van der Waals surface area contributed by atoms with Gasteiger partial charge in [0.05, 0.1) is 18.6 Å². The Bertz CT molecular complexity index is 777. The van der Waals surface area contributed by atoms with Crippen LogP contribution in [0.4, 0.5) is 11.4 Å². The van der Waals surface area contributed by atoms with E-state index in [4.69, 9.17) is 4.74 Å². The number of rotatable bonds is 5. The standard InChI is InChI=1S/C18H18N2O3S/c1-23-15-5-3-2-4-12(15)6-9-17(21)19-13-7-8-16-14(10-13)20-18(22)11-24-16/h2-5,7-8,10H,6,9,11H2,1H3,(H,19,21)(H,20,22). The molecule has 0 unspecified atom stereocenters. The van der Waals surface area contributed by atoms with E-state index >= 15 is 0 Å². The number of benzene rings is 2. The van der Waals surface area contributed by atoms with E-state index in [1.54, 1.807) is 13.2 Å². The van der Waals surface area contributed by atoms with Gasteiger partial charge in [-0.2, -0.15) is 0 Å². The Morgan fingerprint density at radius 3 is 2.96 bits per heavy atom. The fourth-order valence-corrected chi connectivity index (χ4v) is 3.33. The number of methoxy groups -OCH3 is 1. The molecule has 2 amide bonds. The van der Waals surface area contributed by atoms with Crippen molar-refractivity contribution in [3.05, 3.63) is 48.0 Å². The topological polar surface area (TPSA) is 67.4 Å². The highest BCUT2D eigenvalue weighted by molar-refractivity contribution is 8.00. The summed E-state index contributed by atoms with van der Waals surface area (Å²) in [5.74, 6) is 1.12. The zero-order valence-corrected chi connectivity index (χ0v) is 14.1. The monoisotopic (exact) mass is 342 g/mol. The lowest BCUT2D eigenvalue weighted by atomic mass is 10.1. The fourth-order valence-electron chi connectivity index (χ4n) is 2.54. The third kappa shape index (κ3) is 3.89. The number of thioether (sulfide) groups is 1.